The molecule has 0 N–H and O–H groups in total. The van der Waals surface area contributed by atoms with Crippen LogP contribution in [0.3, 0.4) is 0 Å². The van der Waals surface area contributed by atoms with Gasteiger partial charge in [0.15, 0.2) is 0 Å². The van der Waals surface area contributed by atoms with Crippen molar-refractivity contribution in [2.45, 2.75) is 71.1 Å². The summed E-state index contributed by atoms with van der Waals surface area (Å²) in [4.78, 5) is 4.80. The minimum Gasteiger partial charge on any atom is -0.292 e. The molecule has 3 atom stereocenters. The highest BCUT2D eigenvalue weighted by atomic mass is 19.1. The second-order valence-corrected chi connectivity index (χ2v) is 10.1. The number of halogens is 1. The highest BCUT2D eigenvalue weighted by Gasteiger charge is 2.51. The van der Waals surface area contributed by atoms with Crippen LogP contribution in [0, 0.1) is 17.2 Å². The van der Waals surface area contributed by atoms with Gasteiger partial charge < -0.3 is 0 Å². The lowest BCUT2D eigenvalue weighted by Gasteiger charge is -2.55. The molecule has 2 aromatic rings. The fourth-order valence-corrected chi connectivity index (χ4v) is 6.14. The molecule has 1 saturated carbocycles. The van der Waals surface area contributed by atoms with Crippen molar-refractivity contribution in [1.82, 2.24) is 0 Å². The minimum atomic E-state index is -0.199. The van der Waals surface area contributed by atoms with Crippen LogP contribution in [0.2, 0.25) is 0 Å². The first kappa shape index (κ1) is 20.3. The Morgan fingerprint density at radius 3 is 2.72 bits per heavy atom. The Morgan fingerprint density at radius 1 is 1.14 bits per heavy atom. The van der Waals surface area contributed by atoms with Crippen LogP contribution < -0.4 is 0 Å². The molecule has 0 heterocycles. The molecule has 0 spiro atoms. The number of benzene rings is 2. The quantitative estimate of drug-likeness (QED) is 0.494. The predicted molar refractivity (Wildman–Crippen MR) is 121 cm³/mol. The lowest BCUT2D eigenvalue weighted by atomic mass is 9.50. The standard InChI is InChI=1S/C27H34FN/c1-19(2)21-9-11-24-22(16-21)10-12-25-26(3,13-6-14-27(24,25)4)18-29-17-20-7-5-8-23(28)15-20/h5,7-9,11,15-17,19,25H,6,10,12-14,18H2,1-4H3/t25-,26-,27+/m0/s1. The SMILES string of the molecule is CC(C)c1ccc2c(c1)CC[C@H]1[C@](C)(CN=Cc3cccc(F)c3)CCC[C@]21C. The van der Waals surface area contributed by atoms with Gasteiger partial charge in [-0.15, -0.1) is 0 Å². The summed E-state index contributed by atoms with van der Waals surface area (Å²) < 4.78 is 13.5. The van der Waals surface area contributed by atoms with Gasteiger partial charge in [0.1, 0.15) is 5.82 Å². The first-order valence-corrected chi connectivity index (χ1v) is 11.2. The Balaban J connectivity index is 1.59. The number of hydrogen-bond acceptors (Lipinski definition) is 1. The molecule has 0 aromatic heterocycles. The zero-order valence-electron chi connectivity index (χ0n) is 18.3. The second kappa shape index (κ2) is 7.70. The van der Waals surface area contributed by atoms with Crippen molar-refractivity contribution in [2.24, 2.45) is 16.3 Å². The average molecular weight is 392 g/mol. The zero-order chi connectivity index (χ0) is 20.6. The first-order chi connectivity index (χ1) is 13.8. The molecule has 0 amide bonds. The summed E-state index contributed by atoms with van der Waals surface area (Å²) in [7, 11) is 0. The van der Waals surface area contributed by atoms with Crippen LogP contribution in [0.15, 0.2) is 47.5 Å². The lowest BCUT2D eigenvalue weighted by molar-refractivity contribution is 0.0332. The molecular formula is C27H34FN. The van der Waals surface area contributed by atoms with Gasteiger partial charge in [0.25, 0.3) is 0 Å². The third-order valence-corrected chi connectivity index (χ3v) is 7.71. The summed E-state index contributed by atoms with van der Waals surface area (Å²) in [6.07, 6.45) is 8.04. The number of hydrogen-bond donors (Lipinski definition) is 0. The lowest BCUT2D eigenvalue weighted by Crippen LogP contribution is -2.50. The summed E-state index contributed by atoms with van der Waals surface area (Å²) in [5.74, 6) is 1.03. The van der Waals surface area contributed by atoms with Crippen molar-refractivity contribution in [3.63, 3.8) is 0 Å². The van der Waals surface area contributed by atoms with Crippen LogP contribution in [0.1, 0.15) is 81.5 Å². The van der Waals surface area contributed by atoms with Crippen molar-refractivity contribution in [3.05, 3.63) is 70.5 Å². The van der Waals surface area contributed by atoms with Gasteiger partial charge in [-0.25, -0.2) is 4.39 Å². The van der Waals surface area contributed by atoms with Gasteiger partial charge in [0, 0.05) is 12.8 Å². The Hall–Kier alpha value is -1.96. The van der Waals surface area contributed by atoms with Crippen LogP contribution in [0.25, 0.3) is 0 Å². The number of aryl methyl sites for hydroxylation is 1. The van der Waals surface area contributed by atoms with E-state index in [4.69, 9.17) is 4.99 Å². The van der Waals surface area contributed by atoms with Crippen LogP contribution in [-0.4, -0.2) is 12.8 Å². The summed E-state index contributed by atoms with van der Waals surface area (Å²) in [5.41, 5.74) is 5.91. The predicted octanol–water partition coefficient (Wildman–Crippen LogP) is 7.08. The molecule has 29 heavy (non-hydrogen) atoms. The molecule has 0 saturated heterocycles. The molecule has 2 aliphatic rings. The van der Waals surface area contributed by atoms with Gasteiger partial charge in [0.05, 0.1) is 0 Å². The minimum absolute atomic E-state index is 0.199. The molecule has 2 aromatic carbocycles. The Morgan fingerprint density at radius 2 is 1.97 bits per heavy atom. The van der Waals surface area contributed by atoms with Crippen molar-refractivity contribution in [2.75, 3.05) is 6.54 Å². The number of fused-ring (bicyclic) bond motifs is 3. The van der Waals surface area contributed by atoms with Gasteiger partial charge in [-0.05, 0) is 82.7 Å². The van der Waals surface area contributed by atoms with Crippen LogP contribution in [-0.2, 0) is 11.8 Å². The van der Waals surface area contributed by atoms with E-state index in [1.54, 1.807) is 23.3 Å². The molecule has 0 aliphatic heterocycles. The molecule has 2 aliphatic carbocycles. The number of rotatable bonds is 4. The summed E-state index contributed by atoms with van der Waals surface area (Å²) in [5, 5.41) is 0. The maximum absolute atomic E-state index is 13.5. The van der Waals surface area contributed by atoms with E-state index >= 15 is 0 Å². The third-order valence-electron chi connectivity index (χ3n) is 7.71. The van der Waals surface area contributed by atoms with Crippen LogP contribution in [0.5, 0.6) is 0 Å². The largest absolute Gasteiger partial charge is 0.292 e. The van der Waals surface area contributed by atoms with E-state index in [-0.39, 0.29) is 16.6 Å². The second-order valence-electron chi connectivity index (χ2n) is 10.1. The van der Waals surface area contributed by atoms with Gasteiger partial charge in [0.2, 0.25) is 0 Å². The van der Waals surface area contributed by atoms with E-state index < -0.39 is 0 Å². The van der Waals surface area contributed by atoms with Gasteiger partial charge in [-0.2, -0.15) is 0 Å². The summed E-state index contributed by atoms with van der Waals surface area (Å²) in [6, 6.07) is 14.0. The van der Waals surface area contributed by atoms with E-state index in [0.717, 1.165) is 12.1 Å². The maximum Gasteiger partial charge on any atom is 0.123 e. The number of nitrogens with zero attached hydrogens (tertiary/aromatic N) is 1. The fraction of sp³-hybridized carbons (Fsp3) is 0.519. The smallest absolute Gasteiger partial charge is 0.123 e. The van der Waals surface area contributed by atoms with E-state index in [1.165, 1.54) is 43.7 Å². The Bertz CT molecular complexity index is 915. The molecular weight excluding hydrogens is 357 g/mol. The van der Waals surface area contributed by atoms with E-state index in [2.05, 4.69) is 45.9 Å². The zero-order valence-corrected chi connectivity index (χ0v) is 18.3. The van der Waals surface area contributed by atoms with E-state index in [9.17, 15) is 4.39 Å². The van der Waals surface area contributed by atoms with Crippen molar-refractivity contribution in [3.8, 4) is 0 Å². The monoisotopic (exact) mass is 391 g/mol. The van der Waals surface area contributed by atoms with Crippen molar-refractivity contribution in [1.29, 1.82) is 0 Å². The van der Waals surface area contributed by atoms with Crippen LogP contribution in [0.4, 0.5) is 4.39 Å². The summed E-state index contributed by atoms with van der Waals surface area (Å²) in [6.45, 7) is 10.3. The molecule has 0 unspecified atom stereocenters. The summed E-state index contributed by atoms with van der Waals surface area (Å²) >= 11 is 0. The third kappa shape index (κ3) is 3.79. The maximum atomic E-state index is 13.5. The van der Waals surface area contributed by atoms with Crippen LogP contribution >= 0.6 is 0 Å². The van der Waals surface area contributed by atoms with Gasteiger partial charge in [-0.3, -0.25) is 4.99 Å². The van der Waals surface area contributed by atoms with E-state index in [0.29, 0.717) is 11.8 Å². The van der Waals surface area contributed by atoms with Gasteiger partial charge >= 0.3 is 0 Å². The van der Waals surface area contributed by atoms with Crippen molar-refractivity contribution < 1.29 is 4.39 Å². The van der Waals surface area contributed by atoms with Gasteiger partial charge in [-0.1, -0.05) is 64.4 Å². The molecule has 1 nitrogen and oxygen atoms in total. The highest BCUT2D eigenvalue weighted by Crippen LogP contribution is 2.57. The number of aliphatic imine (C=N–C) groups is 1. The molecule has 1 fully saturated rings. The topological polar surface area (TPSA) is 12.4 Å². The average Bonchev–Trinajstić information content (AvgIpc) is 2.67. The molecule has 0 bridgehead atoms. The molecule has 2 heteroatoms. The normalized spacial score (nSPS) is 29.1. The first-order valence-electron chi connectivity index (χ1n) is 11.2. The Kier molecular flexibility index (Phi) is 5.40. The highest BCUT2D eigenvalue weighted by molar-refractivity contribution is 5.79. The van der Waals surface area contributed by atoms with Crippen molar-refractivity contribution >= 4 is 6.21 Å². The molecule has 154 valence electrons. The molecule has 4 rings (SSSR count). The fourth-order valence-electron chi connectivity index (χ4n) is 6.14. The molecule has 0 radical (unpaired) electrons. The van der Waals surface area contributed by atoms with E-state index in [1.807, 2.05) is 12.3 Å². The Labute approximate surface area is 175 Å².